The molecule has 24 heavy (non-hydrogen) atoms. The third-order valence-electron chi connectivity index (χ3n) is 3.32. The van der Waals surface area contributed by atoms with E-state index in [1.165, 1.54) is 25.3 Å². The first kappa shape index (κ1) is 16.0. The van der Waals surface area contributed by atoms with Crippen LogP contribution in [0, 0.1) is 6.92 Å². The molecule has 0 atom stereocenters. The van der Waals surface area contributed by atoms with Gasteiger partial charge in [0, 0.05) is 18.7 Å². The molecule has 3 aromatic rings. The van der Waals surface area contributed by atoms with Gasteiger partial charge < -0.3 is 9.72 Å². The number of halogens is 3. The molecule has 124 valence electrons. The maximum atomic E-state index is 13.0. The highest BCUT2D eigenvalue weighted by Gasteiger charge is 2.31. The minimum Gasteiger partial charge on any atom is -0.424 e. The zero-order valence-corrected chi connectivity index (χ0v) is 12.7. The largest absolute Gasteiger partial charge is 0.424 e. The number of ether oxygens (including phenoxy) is 1. The van der Waals surface area contributed by atoms with Gasteiger partial charge in [-0.3, -0.25) is 4.79 Å². The molecule has 0 saturated heterocycles. The third-order valence-corrected chi connectivity index (χ3v) is 3.32. The standard InChI is InChI=1S/C16H12F3N3O2/c1-8-21-14(10-4-3-5-11(6-10)16(17,18)19)13-12(24-9(2)23)7-20-15(13)22-8/h3-7H,1-2H3,(H,20,21,22). The smallest absolute Gasteiger partial charge is 0.416 e. The number of aromatic amines is 1. The van der Waals surface area contributed by atoms with Gasteiger partial charge >= 0.3 is 12.1 Å². The second-order valence-electron chi connectivity index (χ2n) is 5.17. The van der Waals surface area contributed by atoms with Crippen molar-refractivity contribution in [3.8, 4) is 17.0 Å². The van der Waals surface area contributed by atoms with Gasteiger partial charge in [0.2, 0.25) is 0 Å². The lowest BCUT2D eigenvalue weighted by Gasteiger charge is -2.10. The molecule has 0 aliphatic heterocycles. The summed E-state index contributed by atoms with van der Waals surface area (Å²) in [6.45, 7) is 2.86. The van der Waals surface area contributed by atoms with Crippen LogP contribution in [0.5, 0.6) is 5.75 Å². The number of H-pyrrole nitrogens is 1. The van der Waals surface area contributed by atoms with Crippen LogP contribution in [0.3, 0.4) is 0 Å². The number of carbonyl (C=O) groups excluding carboxylic acids is 1. The van der Waals surface area contributed by atoms with Crippen molar-refractivity contribution in [2.24, 2.45) is 0 Å². The lowest BCUT2D eigenvalue weighted by atomic mass is 10.1. The van der Waals surface area contributed by atoms with Crippen molar-refractivity contribution in [3.63, 3.8) is 0 Å². The van der Waals surface area contributed by atoms with Gasteiger partial charge in [-0.1, -0.05) is 12.1 Å². The second kappa shape index (κ2) is 5.63. The number of benzene rings is 1. The summed E-state index contributed by atoms with van der Waals surface area (Å²) in [5.41, 5.74) is 0.120. The molecule has 1 aromatic carbocycles. The van der Waals surface area contributed by atoms with Crippen LogP contribution in [-0.2, 0) is 11.0 Å². The maximum absolute atomic E-state index is 13.0. The quantitative estimate of drug-likeness (QED) is 0.722. The molecule has 2 heterocycles. The van der Waals surface area contributed by atoms with Crippen molar-refractivity contribution in [1.29, 1.82) is 0 Å². The van der Waals surface area contributed by atoms with Crippen LogP contribution in [0.25, 0.3) is 22.3 Å². The topological polar surface area (TPSA) is 67.9 Å². The summed E-state index contributed by atoms with van der Waals surface area (Å²) >= 11 is 0. The first-order chi connectivity index (χ1) is 11.3. The lowest BCUT2D eigenvalue weighted by Crippen LogP contribution is -2.05. The Bertz CT molecular complexity index is 932. The molecule has 5 nitrogen and oxygen atoms in total. The molecule has 0 spiro atoms. The monoisotopic (exact) mass is 335 g/mol. The van der Waals surface area contributed by atoms with Gasteiger partial charge in [-0.15, -0.1) is 0 Å². The van der Waals surface area contributed by atoms with E-state index in [1.54, 1.807) is 6.92 Å². The van der Waals surface area contributed by atoms with Gasteiger partial charge in [-0.05, 0) is 19.1 Å². The van der Waals surface area contributed by atoms with E-state index in [1.807, 2.05) is 0 Å². The number of alkyl halides is 3. The van der Waals surface area contributed by atoms with Gasteiger partial charge in [0.25, 0.3) is 0 Å². The van der Waals surface area contributed by atoms with Crippen LogP contribution in [0.2, 0.25) is 0 Å². The molecule has 0 bridgehead atoms. The molecule has 0 fully saturated rings. The summed E-state index contributed by atoms with van der Waals surface area (Å²) < 4.78 is 44.0. The second-order valence-corrected chi connectivity index (χ2v) is 5.17. The average Bonchev–Trinajstić information content (AvgIpc) is 2.87. The van der Waals surface area contributed by atoms with E-state index < -0.39 is 17.7 Å². The van der Waals surface area contributed by atoms with E-state index in [0.717, 1.165) is 12.1 Å². The van der Waals surface area contributed by atoms with Gasteiger partial charge in [0.1, 0.15) is 11.5 Å². The van der Waals surface area contributed by atoms with Gasteiger partial charge in [0.15, 0.2) is 5.75 Å². The summed E-state index contributed by atoms with van der Waals surface area (Å²) in [6.07, 6.45) is -3.04. The van der Waals surface area contributed by atoms with Crippen LogP contribution in [0.15, 0.2) is 30.5 Å². The van der Waals surface area contributed by atoms with Crippen molar-refractivity contribution < 1.29 is 22.7 Å². The van der Waals surface area contributed by atoms with Gasteiger partial charge in [-0.25, -0.2) is 9.97 Å². The molecule has 3 rings (SSSR count). The molecule has 0 aliphatic carbocycles. The molecule has 8 heteroatoms. The lowest BCUT2D eigenvalue weighted by molar-refractivity contribution is -0.137. The molecule has 0 radical (unpaired) electrons. The fraction of sp³-hybridized carbons (Fsp3) is 0.188. The SMILES string of the molecule is CC(=O)Oc1c[nH]c2nc(C)nc(-c3cccc(C(F)(F)F)c3)c12. The highest BCUT2D eigenvalue weighted by atomic mass is 19.4. The Morgan fingerprint density at radius 1 is 1.25 bits per heavy atom. The minimum atomic E-state index is -4.46. The minimum absolute atomic E-state index is 0.171. The average molecular weight is 335 g/mol. The number of esters is 1. The fourth-order valence-corrected chi connectivity index (χ4v) is 2.40. The molecule has 2 aromatic heterocycles. The number of hydrogen-bond donors (Lipinski definition) is 1. The Morgan fingerprint density at radius 2 is 2.00 bits per heavy atom. The Balaban J connectivity index is 2.25. The number of aryl methyl sites for hydroxylation is 1. The van der Waals surface area contributed by atoms with Gasteiger partial charge in [-0.2, -0.15) is 13.2 Å². The zero-order valence-electron chi connectivity index (χ0n) is 12.7. The number of rotatable bonds is 2. The van der Waals surface area contributed by atoms with Crippen molar-refractivity contribution in [3.05, 3.63) is 41.9 Å². The molecule has 1 N–H and O–H groups in total. The van der Waals surface area contributed by atoms with Crippen LogP contribution in [0.4, 0.5) is 13.2 Å². The van der Waals surface area contributed by atoms with Crippen LogP contribution in [-0.4, -0.2) is 20.9 Å². The Hall–Kier alpha value is -2.90. The molecule has 0 saturated carbocycles. The third kappa shape index (κ3) is 2.94. The molecule has 0 unspecified atom stereocenters. The van der Waals surface area contributed by atoms with E-state index in [2.05, 4.69) is 15.0 Å². The molecule has 0 amide bonds. The normalized spacial score (nSPS) is 11.7. The van der Waals surface area contributed by atoms with E-state index in [9.17, 15) is 18.0 Å². The fourth-order valence-electron chi connectivity index (χ4n) is 2.40. The van der Waals surface area contributed by atoms with E-state index >= 15 is 0 Å². The number of fused-ring (bicyclic) bond motifs is 1. The van der Waals surface area contributed by atoms with Gasteiger partial charge in [0.05, 0.1) is 16.6 Å². The van der Waals surface area contributed by atoms with Crippen molar-refractivity contribution in [2.75, 3.05) is 0 Å². The van der Waals surface area contributed by atoms with Crippen molar-refractivity contribution >= 4 is 17.0 Å². The number of aromatic nitrogens is 3. The summed E-state index contributed by atoms with van der Waals surface area (Å²) in [5, 5.41) is 0.357. The summed E-state index contributed by atoms with van der Waals surface area (Å²) in [7, 11) is 0. The number of hydrogen-bond acceptors (Lipinski definition) is 4. The summed E-state index contributed by atoms with van der Waals surface area (Å²) in [5.74, 6) is 0.00233. The van der Waals surface area contributed by atoms with Crippen molar-refractivity contribution in [2.45, 2.75) is 20.0 Å². The first-order valence-corrected chi connectivity index (χ1v) is 6.97. The molecule has 0 aliphatic rings. The Morgan fingerprint density at radius 3 is 2.67 bits per heavy atom. The highest BCUT2D eigenvalue weighted by molar-refractivity contribution is 5.97. The highest BCUT2D eigenvalue weighted by Crippen LogP contribution is 2.36. The number of carbonyl (C=O) groups is 1. The summed E-state index contributed by atoms with van der Waals surface area (Å²) in [6, 6.07) is 4.81. The number of nitrogens with one attached hydrogen (secondary N) is 1. The Labute approximate surface area is 134 Å². The molecular weight excluding hydrogens is 323 g/mol. The van der Waals surface area contributed by atoms with E-state index in [4.69, 9.17) is 4.74 Å². The van der Waals surface area contributed by atoms with E-state index in [-0.39, 0.29) is 17.0 Å². The van der Waals surface area contributed by atoms with Crippen LogP contribution in [0.1, 0.15) is 18.3 Å². The predicted molar refractivity (Wildman–Crippen MR) is 80.4 cm³/mol. The molecular formula is C16H12F3N3O2. The summed E-state index contributed by atoms with van der Waals surface area (Å²) in [4.78, 5) is 22.5. The maximum Gasteiger partial charge on any atom is 0.416 e. The van der Waals surface area contributed by atoms with Crippen molar-refractivity contribution in [1.82, 2.24) is 15.0 Å². The number of nitrogens with zero attached hydrogens (tertiary/aromatic N) is 2. The van der Waals surface area contributed by atoms with E-state index in [0.29, 0.717) is 16.9 Å². The van der Waals surface area contributed by atoms with Crippen LogP contribution >= 0.6 is 0 Å². The Kier molecular flexibility index (Phi) is 3.75. The van der Waals surface area contributed by atoms with Crippen LogP contribution < -0.4 is 4.74 Å². The predicted octanol–water partition coefficient (Wildman–Crippen LogP) is 3.88. The first-order valence-electron chi connectivity index (χ1n) is 6.97. The zero-order chi connectivity index (χ0) is 17.5.